The number of nitrogens with one attached hydrogen (secondary N) is 1. The zero-order chi connectivity index (χ0) is 22.4. The van der Waals surface area contributed by atoms with Crippen molar-refractivity contribution in [2.24, 2.45) is 0 Å². The molecule has 31 heavy (non-hydrogen) atoms. The van der Waals surface area contributed by atoms with Crippen molar-refractivity contribution in [3.63, 3.8) is 0 Å². The summed E-state index contributed by atoms with van der Waals surface area (Å²) in [6.07, 6.45) is 1.18. The molecule has 0 spiro atoms. The van der Waals surface area contributed by atoms with Gasteiger partial charge in [0.25, 0.3) is 5.92 Å². The second-order valence-corrected chi connectivity index (χ2v) is 7.08. The number of alkyl halides is 2. The lowest BCUT2D eigenvalue weighted by Gasteiger charge is -2.27. The molecule has 0 saturated heterocycles. The van der Waals surface area contributed by atoms with E-state index in [0.29, 0.717) is 16.9 Å². The van der Waals surface area contributed by atoms with Crippen molar-refractivity contribution >= 4 is 17.7 Å². The molecule has 1 heterocycles. The van der Waals surface area contributed by atoms with Crippen LogP contribution in [-0.4, -0.2) is 17.0 Å². The second-order valence-electron chi connectivity index (χ2n) is 6.84. The molecule has 1 atom stereocenters. The van der Waals surface area contributed by atoms with Crippen molar-refractivity contribution in [1.29, 1.82) is 5.26 Å². The number of nitrogens with zero attached hydrogens (tertiary/aromatic N) is 2. The van der Waals surface area contributed by atoms with E-state index in [1.54, 1.807) is 37.3 Å². The lowest BCUT2D eigenvalue weighted by Crippen LogP contribution is -2.33. The second kappa shape index (κ2) is 9.58. The number of aryl methyl sites for hydroxylation is 1. The van der Waals surface area contributed by atoms with E-state index in [1.165, 1.54) is 24.4 Å². The highest BCUT2D eigenvalue weighted by atomic mass is 32.1. The van der Waals surface area contributed by atoms with Crippen molar-refractivity contribution < 1.29 is 17.9 Å². The fraction of sp³-hybridized carbons (Fsp3) is 0.174. The van der Waals surface area contributed by atoms with Crippen LogP contribution in [0.5, 0.6) is 11.5 Å². The molecule has 0 bridgehead atoms. The number of thiocarbonyl (C=S) groups is 1. The molecule has 0 fully saturated rings. The van der Waals surface area contributed by atoms with Gasteiger partial charge in [0.1, 0.15) is 23.0 Å². The van der Waals surface area contributed by atoms with Crippen LogP contribution in [0.4, 0.5) is 13.2 Å². The van der Waals surface area contributed by atoms with E-state index in [4.69, 9.17) is 10.00 Å². The van der Waals surface area contributed by atoms with E-state index in [-0.39, 0.29) is 17.9 Å². The summed E-state index contributed by atoms with van der Waals surface area (Å²) >= 11 is 4.68. The maximum atomic E-state index is 15.4. The van der Waals surface area contributed by atoms with Crippen LogP contribution in [0.2, 0.25) is 0 Å². The first-order chi connectivity index (χ1) is 14.8. The highest BCUT2D eigenvalue weighted by Crippen LogP contribution is 2.42. The minimum absolute atomic E-state index is 0.125. The molecule has 1 unspecified atom stereocenters. The minimum Gasteiger partial charge on any atom is -0.456 e. The SMILES string of the molecule is Cc1ccc(C(CNC=S)C(F)(F)c2ccc(Oc3ccc(C#N)cc3)cn2)c(F)c1. The predicted molar refractivity (Wildman–Crippen MR) is 115 cm³/mol. The van der Waals surface area contributed by atoms with E-state index < -0.39 is 23.4 Å². The van der Waals surface area contributed by atoms with E-state index in [2.05, 4.69) is 22.5 Å². The summed E-state index contributed by atoms with van der Waals surface area (Å²) in [5, 5.41) is 11.4. The third-order valence-electron chi connectivity index (χ3n) is 4.67. The number of aromatic nitrogens is 1. The summed E-state index contributed by atoms with van der Waals surface area (Å²) in [6, 6.07) is 15.0. The summed E-state index contributed by atoms with van der Waals surface area (Å²) in [5.41, 5.74) is 1.58. The molecule has 0 amide bonds. The first-order valence-electron chi connectivity index (χ1n) is 9.30. The van der Waals surface area contributed by atoms with E-state index in [9.17, 15) is 4.39 Å². The molecule has 0 aliphatic heterocycles. The Morgan fingerprint density at radius 3 is 2.45 bits per heavy atom. The van der Waals surface area contributed by atoms with Crippen LogP contribution in [0, 0.1) is 24.1 Å². The van der Waals surface area contributed by atoms with Crippen molar-refractivity contribution in [2.45, 2.75) is 18.8 Å². The Bertz CT molecular complexity index is 1100. The van der Waals surface area contributed by atoms with Crippen LogP contribution < -0.4 is 10.1 Å². The number of benzene rings is 2. The highest BCUT2D eigenvalue weighted by Gasteiger charge is 2.44. The molecule has 0 saturated carbocycles. The number of halogens is 3. The normalized spacial score (nSPS) is 12.0. The summed E-state index contributed by atoms with van der Waals surface area (Å²) in [7, 11) is 0. The molecule has 1 aromatic heterocycles. The zero-order valence-corrected chi connectivity index (χ0v) is 17.3. The van der Waals surface area contributed by atoms with Gasteiger partial charge in [-0.2, -0.15) is 14.0 Å². The summed E-state index contributed by atoms with van der Waals surface area (Å²) in [5.74, 6) is -5.03. The van der Waals surface area contributed by atoms with Crippen LogP contribution in [0.1, 0.15) is 28.3 Å². The Balaban J connectivity index is 1.86. The maximum Gasteiger partial charge on any atom is 0.298 e. The molecule has 0 radical (unpaired) electrons. The molecule has 4 nitrogen and oxygen atoms in total. The van der Waals surface area contributed by atoms with Crippen LogP contribution >= 0.6 is 12.2 Å². The van der Waals surface area contributed by atoms with Crippen molar-refractivity contribution in [2.75, 3.05) is 6.54 Å². The first kappa shape index (κ1) is 22.2. The zero-order valence-electron chi connectivity index (χ0n) is 16.5. The number of hydrogen-bond acceptors (Lipinski definition) is 4. The van der Waals surface area contributed by atoms with E-state index in [0.717, 1.165) is 11.6 Å². The predicted octanol–water partition coefficient (Wildman–Crippen LogP) is 5.62. The van der Waals surface area contributed by atoms with Crippen molar-refractivity contribution in [1.82, 2.24) is 10.3 Å². The lowest BCUT2D eigenvalue weighted by molar-refractivity contribution is -0.0377. The molecule has 0 aliphatic carbocycles. The van der Waals surface area contributed by atoms with Gasteiger partial charge in [-0.15, -0.1) is 0 Å². The number of hydrogen-bond donors (Lipinski definition) is 1. The highest BCUT2D eigenvalue weighted by molar-refractivity contribution is 7.78. The molecule has 3 aromatic rings. The molecule has 8 heteroatoms. The minimum atomic E-state index is -3.48. The van der Waals surface area contributed by atoms with E-state index in [1.807, 2.05) is 6.07 Å². The molecule has 3 rings (SSSR count). The lowest BCUT2D eigenvalue weighted by atomic mass is 9.89. The average molecular weight is 441 g/mol. The maximum absolute atomic E-state index is 15.4. The number of nitriles is 1. The molecule has 0 aliphatic rings. The summed E-state index contributed by atoms with van der Waals surface area (Å²) in [4.78, 5) is 3.87. The van der Waals surface area contributed by atoms with Gasteiger partial charge in [-0.3, -0.25) is 4.98 Å². The van der Waals surface area contributed by atoms with Gasteiger partial charge in [-0.1, -0.05) is 24.4 Å². The van der Waals surface area contributed by atoms with Crippen molar-refractivity contribution in [3.8, 4) is 17.6 Å². The monoisotopic (exact) mass is 441 g/mol. The van der Waals surface area contributed by atoms with Gasteiger partial charge in [0, 0.05) is 6.54 Å². The van der Waals surface area contributed by atoms with Gasteiger partial charge < -0.3 is 10.1 Å². The Morgan fingerprint density at radius 1 is 1.16 bits per heavy atom. The van der Waals surface area contributed by atoms with E-state index >= 15 is 8.78 Å². The summed E-state index contributed by atoms with van der Waals surface area (Å²) < 4.78 is 50.8. The topological polar surface area (TPSA) is 57.9 Å². The smallest absolute Gasteiger partial charge is 0.298 e. The number of rotatable bonds is 8. The quantitative estimate of drug-likeness (QED) is 0.460. The van der Waals surface area contributed by atoms with Gasteiger partial charge in [0.2, 0.25) is 0 Å². The van der Waals surface area contributed by atoms with Crippen LogP contribution in [-0.2, 0) is 5.92 Å². The summed E-state index contributed by atoms with van der Waals surface area (Å²) in [6.45, 7) is 1.42. The Kier molecular flexibility index (Phi) is 6.88. The third-order valence-corrected chi connectivity index (χ3v) is 4.84. The van der Waals surface area contributed by atoms with Gasteiger partial charge in [0.05, 0.1) is 29.2 Å². The first-order valence-corrected chi connectivity index (χ1v) is 9.77. The van der Waals surface area contributed by atoms with Crippen LogP contribution in [0.15, 0.2) is 60.8 Å². The largest absolute Gasteiger partial charge is 0.456 e. The Morgan fingerprint density at radius 2 is 1.87 bits per heavy atom. The number of pyridine rings is 1. The molecular weight excluding hydrogens is 423 g/mol. The van der Waals surface area contributed by atoms with Crippen LogP contribution in [0.3, 0.4) is 0 Å². The Hall–Kier alpha value is -3.44. The van der Waals surface area contributed by atoms with Gasteiger partial charge >= 0.3 is 0 Å². The van der Waals surface area contributed by atoms with Gasteiger partial charge in [-0.25, -0.2) is 4.39 Å². The molecule has 2 aromatic carbocycles. The number of ether oxygens (including phenoxy) is 1. The fourth-order valence-corrected chi connectivity index (χ4v) is 3.16. The van der Waals surface area contributed by atoms with Gasteiger partial charge in [-0.05, 0) is 60.5 Å². The van der Waals surface area contributed by atoms with Crippen LogP contribution in [0.25, 0.3) is 0 Å². The molecule has 158 valence electrons. The van der Waals surface area contributed by atoms with Crippen molar-refractivity contribution in [3.05, 3.63) is 89.0 Å². The fourth-order valence-electron chi connectivity index (χ4n) is 3.06. The average Bonchev–Trinajstić information content (AvgIpc) is 2.76. The molecular formula is C23H18F3N3OS. The van der Waals surface area contributed by atoms with Gasteiger partial charge in [0.15, 0.2) is 0 Å². The third kappa shape index (κ3) is 5.19. The Labute approximate surface area is 183 Å². The standard InChI is InChI=1S/C23H18F3N3OS/c1-15-2-8-19(21(24)10-15)20(13-28-14-31)23(25,26)22-9-7-18(12-29-22)30-17-5-3-16(11-27)4-6-17/h2-10,12,14,20H,13H2,1H3,(H,28,31). The molecule has 1 N–H and O–H groups in total.